The van der Waals surface area contributed by atoms with Gasteiger partial charge in [0.25, 0.3) is 0 Å². The van der Waals surface area contributed by atoms with Gasteiger partial charge in [0.2, 0.25) is 5.91 Å². The molecule has 0 unspecified atom stereocenters. The molecule has 25 heavy (non-hydrogen) atoms. The molecule has 5 heteroatoms. The van der Waals surface area contributed by atoms with Gasteiger partial charge in [0, 0.05) is 24.8 Å². The van der Waals surface area contributed by atoms with E-state index in [4.69, 9.17) is 9.47 Å². The van der Waals surface area contributed by atoms with Crippen molar-refractivity contribution < 1.29 is 14.3 Å². The van der Waals surface area contributed by atoms with Crippen LogP contribution in [0, 0.1) is 0 Å². The third-order valence-electron chi connectivity index (χ3n) is 4.74. The predicted molar refractivity (Wildman–Crippen MR) is 98.2 cm³/mol. The monoisotopic (exact) mass is 340 g/mol. The van der Waals surface area contributed by atoms with E-state index in [9.17, 15) is 4.79 Å². The lowest BCUT2D eigenvalue weighted by molar-refractivity contribution is -0.121. The third kappa shape index (κ3) is 3.77. The number of ether oxygens (including phenoxy) is 2. The number of amides is 1. The molecule has 0 aliphatic carbocycles. The maximum atomic E-state index is 12.7. The van der Waals surface area contributed by atoms with Crippen LogP contribution in [0.25, 0.3) is 0 Å². The van der Waals surface area contributed by atoms with Crippen LogP contribution < -0.4 is 14.8 Å². The van der Waals surface area contributed by atoms with Crippen LogP contribution >= 0.6 is 0 Å². The Morgan fingerprint density at radius 2 is 1.80 bits per heavy atom. The largest absolute Gasteiger partial charge is 0.493 e. The zero-order chi connectivity index (χ0) is 17.8. The smallest absolute Gasteiger partial charge is 0.241 e. The Morgan fingerprint density at radius 3 is 2.52 bits per heavy atom. The first kappa shape index (κ1) is 17.3. The second kappa shape index (κ2) is 7.57. The van der Waals surface area contributed by atoms with Crippen LogP contribution in [0.15, 0.2) is 42.5 Å². The summed E-state index contributed by atoms with van der Waals surface area (Å²) >= 11 is 0. The molecule has 5 nitrogen and oxygen atoms in total. The summed E-state index contributed by atoms with van der Waals surface area (Å²) in [5.41, 5.74) is 3.39. The van der Waals surface area contributed by atoms with Gasteiger partial charge in [0.1, 0.15) is 0 Å². The van der Waals surface area contributed by atoms with Crippen LogP contribution in [0.3, 0.4) is 0 Å². The van der Waals surface area contributed by atoms with Gasteiger partial charge in [0.05, 0.1) is 20.3 Å². The van der Waals surface area contributed by atoms with Crippen molar-refractivity contribution in [2.45, 2.75) is 25.9 Å². The summed E-state index contributed by atoms with van der Waals surface area (Å²) in [6.07, 6.45) is 0.976. The molecule has 2 aromatic rings. The standard InChI is InChI=1S/C20H24N2O3/c1-14(22-11-10-15-6-4-5-7-16(15)13-22)20(23)21-17-8-9-18(24-2)19(12-17)25-3/h4-9,12,14H,10-11,13H2,1-3H3,(H,21,23)/t14-/m0/s1. The fraction of sp³-hybridized carbons (Fsp3) is 0.350. The molecule has 1 amide bonds. The molecule has 0 fully saturated rings. The van der Waals surface area contributed by atoms with Gasteiger partial charge in [-0.05, 0) is 36.6 Å². The minimum absolute atomic E-state index is 0.0217. The molecule has 0 radical (unpaired) electrons. The van der Waals surface area contributed by atoms with Crippen LogP contribution in [0.4, 0.5) is 5.69 Å². The summed E-state index contributed by atoms with van der Waals surface area (Å²) in [5, 5.41) is 2.97. The molecule has 0 saturated heterocycles. The van der Waals surface area contributed by atoms with Crippen molar-refractivity contribution in [1.29, 1.82) is 0 Å². The van der Waals surface area contributed by atoms with E-state index in [1.807, 2.05) is 13.0 Å². The molecule has 2 aromatic carbocycles. The van der Waals surface area contributed by atoms with E-state index in [0.717, 1.165) is 19.5 Å². The number of methoxy groups -OCH3 is 2. The van der Waals surface area contributed by atoms with Gasteiger partial charge in [-0.15, -0.1) is 0 Å². The molecule has 0 saturated carbocycles. The van der Waals surface area contributed by atoms with Crippen molar-refractivity contribution in [2.75, 3.05) is 26.1 Å². The molecule has 1 N–H and O–H groups in total. The van der Waals surface area contributed by atoms with Crippen LogP contribution in [-0.2, 0) is 17.8 Å². The fourth-order valence-electron chi connectivity index (χ4n) is 3.17. The van der Waals surface area contributed by atoms with Gasteiger partial charge in [-0.3, -0.25) is 9.69 Å². The lowest BCUT2D eigenvalue weighted by Gasteiger charge is -2.32. The molecular formula is C20H24N2O3. The van der Waals surface area contributed by atoms with Crippen LogP contribution in [0.2, 0.25) is 0 Å². The Bertz CT molecular complexity index is 760. The Hall–Kier alpha value is -2.53. The summed E-state index contributed by atoms with van der Waals surface area (Å²) < 4.78 is 10.5. The Kier molecular flexibility index (Phi) is 5.24. The summed E-state index contributed by atoms with van der Waals surface area (Å²) in [6, 6.07) is 13.6. The fourth-order valence-corrected chi connectivity index (χ4v) is 3.17. The van der Waals surface area contributed by atoms with Crippen molar-refractivity contribution in [3.05, 3.63) is 53.6 Å². The summed E-state index contributed by atoms with van der Waals surface area (Å²) in [6.45, 7) is 3.64. The van der Waals surface area contributed by atoms with Gasteiger partial charge < -0.3 is 14.8 Å². The maximum Gasteiger partial charge on any atom is 0.241 e. The maximum absolute atomic E-state index is 12.7. The second-order valence-corrected chi connectivity index (χ2v) is 6.22. The van der Waals surface area contributed by atoms with Gasteiger partial charge in [-0.1, -0.05) is 24.3 Å². The van der Waals surface area contributed by atoms with Crippen LogP contribution in [0.5, 0.6) is 11.5 Å². The van der Waals surface area contributed by atoms with E-state index in [1.54, 1.807) is 26.4 Å². The number of rotatable bonds is 5. The molecule has 132 valence electrons. The molecule has 0 bridgehead atoms. The zero-order valence-corrected chi connectivity index (χ0v) is 14.9. The minimum Gasteiger partial charge on any atom is -0.493 e. The number of hydrogen-bond donors (Lipinski definition) is 1. The average molecular weight is 340 g/mol. The molecule has 0 aromatic heterocycles. The number of fused-ring (bicyclic) bond motifs is 1. The normalized spacial score (nSPS) is 15.2. The van der Waals surface area contributed by atoms with Crippen molar-refractivity contribution in [3.8, 4) is 11.5 Å². The van der Waals surface area contributed by atoms with Crippen LogP contribution in [-0.4, -0.2) is 37.6 Å². The molecule has 1 atom stereocenters. The first-order valence-corrected chi connectivity index (χ1v) is 8.46. The van der Waals surface area contributed by atoms with E-state index < -0.39 is 0 Å². The van der Waals surface area contributed by atoms with E-state index in [2.05, 4.69) is 34.5 Å². The highest BCUT2D eigenvalue weighted by molar-refractivity contribution is 5.94. The van der Waals surface area contributed by atoms with Crippen LogP contribution in [0.1, 0.15) is 18.1 Å². The number of anilines is 1. The number of carbonyl (C=O) groups excluding carboxylic acids is 1. The predicted octanol–water partition coefficient (Wildman–Crippen LogP) is 3.09. The molecular weight excluding hydrogens is 316 g/mol. The van der Waals surface area contributed by atoms with Gasteiger partial charge >= 0.3 is 0 Å². The number of hydrogen-bond acceptors (Lipinski definition) is 4. The van der Waals surface area contributed by atoms with Crippen molar-refractivity contribution >= 4 is 11.6 Å². The SMILES string of the molecule is COc1ccc(NC(=O)[C@H](C)N2CCc3ccccc3C2)cc1OC. The Labute approximate surface area is 148 Å². The molecule has 3 rings (SSSR count). The number of nitrogens with one attached hydrogen (secondary N) is 1. The van der Waals surface area contributed by atoms with E-state index in [-0.39, 0.29) is 11.9 Å². The topological polar surface area (TPSA) is 50.8 Å². The van der Waals surface area contributed by atoms with E-state index in [0.29, 0.717) is 17.2 Å². The van der Waals surface area contributed by atoms with E-state index in [1.165, 1.54) is 11.1 Å². The summed E-state index contributed by atoms with van der Waals surface area (Å²) in [4.78, 5) is 14.9. The number of carbonyl (C=O) groups is 1. The minimum atomic E-state index is -0.207. The molecule has 1 aliphatic rings. The van der Waals surface area contributed by atoms with Crippen molar-refractivity contribution in [1.82, 2.24) is 4.90 Å². The lowest BCUT2D eigenvalue weighted by Crippen LogP contribution is -2.44. The highest BCUT2D eigenvalue weighted by atomic mass is 16.5. The molecule has 0 spiro atoms. The summed E-state index contributed by atoms with van der Waals surface area (Å²) in [5.74, 6) is 1.22. The quantitative estimate of drug-likeness (QED) is 0.909. The summed E-state index contributed by atoms with van der Waals surface area (Å²) in [7, 11) is 3.17. The lowest BCUT2D eigenvalue weighted by atomic mass is 9.99. The highest BCUT2D eigenvalue weighted by Crippen LogP contribution is 2.30. The number of nitrogens with zero attached hydrogens (tertiary/aromatic N) is 1. The zero-order valence-electron chi connectivity index (χ0n) is 14.9. The first-order valence-electron chi connectivity index (χ1n) is 8.46. The van der Waals surface area contributed by atoms with E-state index >= 15 is 0 Å². The van der Waals surface area contributed by atoms with Gasteiger partial charge in [0.15, 0.2) is 11.5 Å². The number of benzene rings is 2. The van der Waals surface area contributed by atoms with Gasteiger partial charge in [-0.25, -0.2) is 0 Å². The molecule has 1 aliphatic heterocycles. The Morgan fingerprint density at radius 1 is 1.08 bits per heavy atom. The molecule has 1 heterocycles. The first-order chi connectivity index (χ1) is 12.1. The van der Waals surface area contributed by atoms with Gasteiger partial charge in [-0.2, -0.15) is 0 Å². The third-order valence-corrected chi connectivity index (χ3v) is 4.74. The highest BCUT2D eigenvalue weighted by Gasteiger charge is 2.25. The second-order valence-electron chi connectivity index (χ2n) is 6.22. The average Bonchev–Trinajstić information content (AvgIpc) is 2.66. The van der Waals surface area contributed by atoms with Crippen molar-refractivity contribution in [2.24, 2.45) is 0 Å². The Balaban J connectivity index is 1.67. The van der Waals surface area contributed by atoms with Crippen molar-refractivity contribution in [3.63, 3.8) is 0 Å².